The molecule has 0 bridgehead atoms. The van der Waals surface area contributed by atoms with Gasteiger partial charge in [-0.25, -0.2) is 0 Å². The van der Waals surface area contributed by atoms with E-state index < -0.39 is 9.85 Å². The molecule has 0 aliphatic carbocycles. The van der Waals surface area contributed by atoms with Crippen LogP contribution in [0.15, 0.2) is 45.3 Å². The molecule has 0 unspecified atom stereocenters. The van der Waals surface area contributed by atoms with E-state index in [1.54, 1.807) is 12.1 Å². The van der Waals surface area contributed by atoms with E-state index in [4.69, 9.17) is 4.74 Å². The molecule has 0 spiro atoms. The second-order valence-corrected chi connectivity index (χ2v) is 6.47. The molecule has 0 atom stereocenters. The standard InChI is InChI=1S/C14H10Br2N2O5/c15-11-1-9(3-13(5-11)17(19)20)7-23-8-10-2-12(16)6-14(4-10)18(21)22/h1-6H,7-8H2. The van der Waals surface area contributed by atoms with Crippen molar-refractivity contribution in [2.24, 2.45) is 0 Å². The SMILES string of the molecule is O=[N+]([O-])c1cc(Br)cc(COCc2cc(Br)cc([N+](=O)[O-])c2)c1. The monoisotopic (exact) mass is 444 g/mol. The third-order valence-corrected chi connectivity index (χ3v) is 3.76. The van der Waals surface area contributed by atoms with Crippen molar-refractivity contribution in [3.63, 3.8) is 0 Å². The van der Waals surface area contributed by atoms with Gasteiger partial charge in [0.25, 0.3) is 11.4 Å². The molecule has 2 rings (SSSR count). The minimum Gasteiger partial charge on any atom is -0.372 e. The first-order valence-corrected chi connectivity index (χ1v) is 7.89. The van der Waals surface area contributed by atoms with Crippen LogP contribution in [-0.4, -0.2) is 9.85 Å². The fourth-order valence-electron chi connectivity index (χ4n) is 1.93. The lowest BCUT2D eigenvalue weighted by Gasteiger charge is -2.06. The zero-order valence-corrected chi connectivity index (χ0v) is 14.7. The van der Waals surface area contributed by atoms with E-state index in [9.17, 15) is 20.2 Å². The quantitative estimate of drug-likeness (QED) is 0.472. The Kier molecular flexibility index (Phi) is 5.80. The highest BCUT2D eigenvalue weighted by Crippen LogP contribution is 2.24. The van der Waals surface area contributed by atoms with Crippen molar-refractivity contribution in [1.82, 2.24) is 0 Å². The molecule has 2 aromatic carbocycles. The van der Waals surface area contributed by atoms with E-state index in [1.807, 2.05) is 0 Å². The van der Waals surface area contributed by atoms with Gasteiger partial charge >= 0.3 is 0 Å². The van der Waals surface area contributed by atoms with Crippen molar-refractivity contribution >= 4 is 43.2 Å². The van der Waals surface area contributed by atoms with Gasteiger partial charge in [-0.05, 0) is 23.3 Å². The number of nitro groups is 2. The van der Waals surface area contributed by atoms with Crippen LogP contribution in [0.1, 0.15) is 11.1 Å². The van der Waals surface area contributed by atoms with Gasteiger partial charge in [0.2, 0.25) is 0 Å². The number of ether oxygens (including phenoxy) is 1. The van der Waals surface area contributed by atoms with E-state index in [0.29, 0.717) is 20.1 Å². The summed E-state index contributed by atoms with van der Waals surface area (Å²) in [6, 6.07) is 9.09. The van der Waals surface area contributed by atoms with Crippen LogP contribution in [0.4, 0.5) is 11.4 Å². The average molecular weight is 446 g/mol. The number of hydrogen-bond acceptors (Lipinski definition) is 5. The van der Waals surface area contributed by atoms with E-state index in [-0.39, 0.29) is 24.6 Å². The van der Waals surface area contributed by atoms with Crippen molar-refractivity contribution in [2.45, 2.75) is 13.2 Å². The second kappa shape index (κ2) is 7.62. The Hall–Kier alpha value is -1.84. The van der Waals surface area contributed by atoms with Crippen LogP contribution in [0.2, 0.25) is 0 Å². The summed E-state index contributed by atoms with van der Waals surface area (Å²) in [7, 11) is 0. The Balaban J connectivity index is 2.05. The molecule has 0 saturated heterocycles. The molecular formula is C14H10Br2N2O5. The summed E-state index contributed by atoms with van der Waals surface area (Å²) in [5.41, 5.74) is 1.21. The number of nitrogens with zero attached hydrogens (tertiary/aromatic N) is 2. The lowest BCUT2D eigenvalue weighted by atomic mass is 10.2. The molecule has 0 amide bonds. The van der Waals surface area contributed by atoms with Gasteiger partial charge in [-0.15, -0.1) is 0 Å². The first-order valence-electron chi connectivity index (χ1n) is 6.30. The van der Waals surface area contributed by atoms with Crippen molar-refractivity contribution in [3.05, 3.63) is 76.7 Å². The third kappa shape index (κ3) is 5.08. The molecule has 9 heteroatoms. The predicted octanol–water partition coefficient (Wildman–Crippen LogP) is 4.74. The fraction of sp³-hybridized carbons (Fsp3) is 0.143. The van der Waals surface area contributed by atoms with Gasteiger partial charge in [0.15, 0.2) is 0 Å². The van der Waals surface area contributed by atoms with Crippen LogP contribution in [0.3, 0.4) is 0 Å². The molecular weight excluding hydrogens is 436 g/mol. The minimum absolute atomic E-state index is 0.0314. The van der Waals surface area contributed by atoms with Gasteiger partial charge in [0.05, 0.1) is 23.1 Å². The molecule has 0 saturated carbocycles. The highest BCUT2D eigenvalue weighted by molar-refractivity contribution is 9.10. The largest absolute Gasteiger partial charge is 0.372 e. The van der Waals surface area contributed by atoms with E-state index in [2.05, 4.69) is 31.9 Å². The molecule has 120 valence electrons. The van der Waals surface area contributed by atoms with Crippen LogP contribution in [-0.2, 0) is 18.0 Å². The second-order valence-electron chi connectivity index (χ2n) is 4.64. The van der Waals surface area contributed by atoms with Crippen LogP contribution >= 0.6 is 31.9 Å². The maximum absolute atomic E-state index is 10.8. The van der Waals surface area contributed by atoms with Gasteiger partial charge in [0.1, 0.15) is 0 Å². The number of rotatable bonds is 6. The van der Waals surface area contributed by atoms with Crippen LogP contribution in [0.5, 0.6) is 0 Å². The first kappa shape index (κ1) is 17.5. The van der Waals surface area contributed by atoms with Gasteiger partial charge in [-0.1, -0.05) is 31.9 Å². The van der Waals surface area contributed by atoms with Crippen LogP contribution in [0.25, 0.3) is 0 Å². The van der Waals surface area contributed by atoms with Crippen molar-refractivity contribution < 1.29 is 14.6 Å². The Morgan fingerprint density at radius 2 is 1.17 bits per heavy atom. The van der Waals surface area contributed by atoms with Gasteiger partial charge < -0.3 is 4.74 Å². The normalized spacial score (nSPS) is 10.5. The summed E-state index contributed by atoms with van der Waals surface area (Å²) in [4.78, 5) is 20.7. The zero-order valence-electron chi connectivity index (χ0n) is 11.6. The zero-order chi connectivity index (χ0) is 17.0. The van der Waals surface area contributed by atoms with Crippen LogP contribution < -0.4 is 0 Å². The average Bonchev–Trinajstić information content (AvgIpc) is 2.46. The molecule has 0 radical (unpaired) electrons. The summed E-state index contributed by atoms with van der Waals surface area (Å²) in [6.45, 7) is 0.307. The minimum atomic E-state index is -0.480. The van der Waals surface area contributed by atoms with E-state index in [0.717, 1.165) is 0 Å². The Morgan fingerprint density at radius 3 is 1.52 bits per heavy atom. The van der Waals surface area contributed by atoms with Crippen LogP contribution in [0, 0.1) is 20.2 Å². The molecule has 7 nitrogen and oxygen atoms in total. The van der Waals surface area contributed by atoms with Gasteiger partial charge in [0, 0.05) is 33.2 Å². The Labute approximate surface area is 147 Å². The number of hydrogen-bond donors (Lipinski definition) is 0. The maximum Gasteiger partial charge on any atom is 0.270 e. The highest BCUT2D eigenvalue weighted by Gasteiger charge is 2.11. The molecule has 2 aromatic rings. The van der Waals surface area contributed by atoms with E-state index in [1.165, 1.54) is 24.3 Å². The van der Waals surface area contributed by atoms with Gasteiger partial charge in [-0.2, -0.15) is 0 Å². The fourth-order valence-corrected chi connectivity index (χ4v) is 2.99. The smallest absolute Gasteiger partial charge is 0.270 e. The molecule has 0 aromatic heterocycles. The number of nitro benzene ring substituents is 2. The Morgan fingerprint density at radius 1 is 0.783 bits per heavy atom. The Bertz CT molecular complexity index is 703. The highest BCUT2D eigenvalue weighted by atomic mass is 79.9. The molecule has 0 heterocycles. The third-order valence-electron chi connectivity index (χ3n) is 2.84. The van der Waals surface area contributed by atoms with Gasteiger partial charge in [-0.3, -0.25) is 20.2 Å². The summed E-state index contributed by atoms with van der Waals surface area (Å²) >= 11 is 6.42. The number of non-ortho nitro benzene ring substituents is 2. The summed E-state index contributed by atoms with van der Waals surface area (Å²) in [5, 5.41) is 21.6. The number of halogens is 2. The summed E-state index contributed by atoms with van der Waals surface area (Å²) < 4.78 is 6.67. The molecule has 0 N–H and O–H groups in total. The lowest BCUT2D eigenvalue weighted by molar-refractivity contribution is -0.385. The van der Waals surface area contributed by atoms with E-state index >= 15 is 0 Å². The van der Waals surface area contributed by atoms with Crippen molar-refractivity contribution in [3.8, 4) is 0 Å². The molecule has 0 aliphatic rings. The number of benzene rings is 2. The molecule has 0 fully saturated rings. The van der Waals surface area contributed by atoms with Crippen molar-refractivity contribution in [2.75, 3.05) is 0 Å². The predicted molar refractivity (Wildman–Crippen MR) is 90.1 cm³/mol. The summed E-state index contributed by atoms with van der Waals surface area (Å²) in [6.07, 6.45) is 0. The molecule has 23 heavy (non-hydrogen) atoms. The maximum atomic E-state index is 10.8. The topological polar surface area (TPSA) is 95.5 Å². The lowest BCUT2D eigenvalue weighted by Crippen LogP contribution is -1.97. The summed E-state index contributed by atoms with van der Waals surface area (Å²) in [5.74, 6) is 0. The first-order chi connectivity index (χ1) is 10.8. The van der Waals surface area contributed by atoms with Crippen molar-refractivity contribution in [1.29, 1.82) is 0 Å². The molecule has 0 aliphatic heterocycles.